The lowest BCUT2D eigenvalue weighted by Gasteiger charge is -2.35. The van der Waals surface area contributed by atoms with Crippen molar-refractivity contribution in [1.29, 1.82) is 0 Å². The highest BCUT2D eigenvalue weighted by molar-refractivity contribution is 5.65. The van der Waals surface area contributed by atoms with Gasteiger partial charge in [0.2, 0.25) is 11.9 Å². The van der Waals surface area contributed by atoms with Crippen LogP contribution in [-0.4, -0.2) is 50.3 Å². The van der Waals surface area contributed by atoms with Crippen molar-refractivity contribution >= 4 is 17.5 Å². The predicted molar refractivity (Wildman–Crippen MR) is 88.4 cm³/mol. The summed E-state index contributed by atoms with van der Waals surface area (Å²) < 4.78 is 102. The zero-order valence-electron chi connectivity index (χ0n) is 17.5. The van der Waals surface area contributed by atoms with E-state index in [0.29, 0.717) is 0 Å². The molecular formula is C16H19F6N5O. The van der Waals surface area contributed by atoms with Gasteiger partial charge in [-0.25, -0.2) is 13.2 Å². The molecule has 6 nitrogen and oxygen atoms in total. The minimum Gasteiger partial charge on any atom is -0.386 e. The third-order valence-corrected chi connectivity index (χ3v) is 4.31. The largest absolute Gasteiger partial charge is 0.408 e. The predicted octanol–water partition coefficient (Wildman–Crippen LogP) is 3.67. The van der Waals surface area contributed by atoms with Crippen LogP contribution in [-0.2, 0) is 0 Å². The maximum atomic E-state index is 14.7. The molecule has 1 aromatic rings. The second-order valence-electron chi connectivity index (χ2n) is 6.64. The van der Waals surface area contributed by atoms with E-state index in [4.69, 9.17) is 4.11 Å². The van der Waals surface area contributed by atoms with Gasteiger partial charge in [-0.15, -0.1) is 0 Å². The Kier molecular flexibility index (Phi) is 4.43. The Balaban J connectivity index is 1.99. The van der Waals surface area contributed by atoms with E-state index in [0.717, 1.165) is 6.92 Å². The molecule has 0 saturated heterocycles. The van der Waals surface area contributed by atoms with Crippen molar-refractivity contribution in [3.63, 3.8) is 0 Å². The van der Waals surface area contributed by atoms with Gasteiger partial charge in [0.05, 0.1) is 1.37 Å². The summed E-state index contributed by atoms with van der Waals surface area (Å²) in [5.41, 5.74) is -0.486. The van der Waals surface area contributed by atoms with E-state index < -0.39 is 85.0 Å². The van der Waals surface area contributed by atoms with Crippen LogP contribution < -0.4 is 10.6 Å². The number of aromatic nitrogens is 3. The lowest BCUT2D eigenvalue weighted by Crippen LogP contribution is -2.44. The molecule has 0 bridgehead atoms. The molecule has 1 aromatic heterocycles. The lowest BCUT2D eigenvalue weighted by molar-refractivity contribution is -0.138. The zero-order valence-corrected chi connectivity index (χ0v) is 14.5. The number of alkyl halides is 5. The first-order valence-electron chi connectivity index (χ1n) is 9.87. The number of nitrogens with zero attached hydrogens (tertiary/aromatic N) is 3. The SMILES string of the molecule is [2H]C1([2H])CCC(c2nc(NC3CC(F)(F)C3)nc(NC(C)C(F)(F)F)n2)=C(F)C1([2H])O. The van der Waals surface area contributed by atoms with Gasteiger partial charge in [0.1, 0.15) is 17.9 Å². The molecule has 0 aromatic carbocycles. The first-order chi connectivity index (χ1) is 14.0. The van der Waals surface area contributed by atoms with Gasteiger partial charge in [-0.1, -0.05) is 0 Å². The normalized spacial score (nSPS) is 29.9. The monoisotopic (exact) mass is 414 g/mol. The maximum absolute atomic E-state index is 14.7. The van der Waals surface area contributed by atoms with E-state index in [1.165, 1.54) is 0 Å². The van der Waals surface area contributed by atoms with Gasteiger partial charge in [0.25, 0.3) is 5.92 Å². The number of rotatable bonds is 5. The summed E-state index contributed by atoms with van der Waals surface area (Å²) in [6.07, 6.45) is -12.5. The van der Waals surface area contributed by atoms with E-state index in [-0.39, 0.29) is 6.42 Å². The summed E-state index contributed by atoms with van der Waals surface area (Å²) in [6, 6.07) is -2.89. The van der Waals surface area contributed by atoms with Crippen molar-refractivity contribution in [2.45, 2.75) is 69.2 Å². The van der Waals surface area contributed by atoms with Crippen LogP contribution in [0.5, 0.6) is 0 Å². The second-order valence-corrected chi connectivity index (χ2v) is 6.64. The number of halogens is 6. The van der Waals surface area contributed by atoms with E-state index in [2.05, 4.69) is 20.3 Å². The summed E-state index contributed by atoms with van der Waals surface area (Å²) in [6.45, 7) is 0.778. The molecule has 12 heteroatoms. The molecule has 0 aliphatic heterocycles. The van der Waals surface area contributed by atoms with Crippen molar-refractivity contribution in [2.24, 2.45) is 0 Å². The van der Waals surface area contributed by atoms with Gasteiger partial charge in [-0.2, -0.15) is 28.1 Å². The summed E-state index contributed by atoms with van der Waals surface area (Å²) in [5.74, 6) is -6.06. The molecule has 1 saturated carbocycles. The molecule has 28 heavy (non-hydrogen) atoms. The Morgan fingerprint density at radius 2 is 1.89 bits per heavy atom. The summed E-state index contributed by atoms with van der Waals surface area (Å²) in [5, 5.41) is 14.5. The van der Waals surface area contributed by atoms with Crippen LogP contribution in [0.4, 0.5) is 38.2 Å². The Bertz CT molecular complexity index is 887. The maximum Gasteiger partial charge on any atom is 0.408 e. The fourth-order valence-electron chi connectivity index (χ4n) is 2.71. The highest BCUT2D eigenvalue weighted by atomic mass is 19.4. The summed E-state index contributed by atoms with van der Waals surface area (Å²) in [7, 11) is 0. The van der Waals surface area contributed by atoms with Gasteiger partial charge < -0.3 is 15.7 Å². The van der Waals surface area contributed by atoms with E-state index in [9.17, 15) is 31.4 Å². The Labute approximate surface area is 160 Å². The molecule has 3 N–H and O–H groups in total. The van der Waals surface area contributed by atoms with Crippen LogP contribution in [0.1, 0.15) is 48.9 Å². The third kappa shape index (κ3) is 4.65. The number of nitrogens with one attached hydrogen (secondary N) is 2. The van der Waals surface area contributed by atoms with Crippen LogP contribution in [0.15, 0.2) is 5.83 Å². The molecule has 1 fully saturated rings. The Hall–Kier alpha value is -2.11. The smallest absolute Gasteiger partial charge is 0.386 e. The molecule has 2 aliphatic rings. The molecule has 3 rings (SSSR count). The van der Waals surface area contributed by atoms with Crippen molar-refractivity contribution in [2.75, 3.05) is 10.6 Å². The molecule has 0 amide bonds. The van der Waals surface area contributed by atoms with E-state index in [1.54, 1.807) is 0 Å². The minimum absolute atomic E-state index is 0.362. The molecule has 0 radical (unpaired) electrons. The van der Waals surface area contributed by atoms with Crippen LogP contribution in [0.3, 0.4) is 0 Å². The molecule has 2 aliphatic carbocycles. The minimum atomic E-state index is -4.68. The number of hydrogen-bond acceptors (Lipinski definition) is 6. The van der Waals surface area contributed by atoms with Crippen molar-refractivity contribution in [1.82, 2.24) is 15.0 Å². The highest BCUT2D eigenvalue weighted by Gasteiger charge is 2.45. The number of anilines is 2. The fraction of sp³-hybridized carbons (Fsp3) is 0.688. The topological polar surface area (TPSA) is 83.0 Å². The molecule has 2 unspecified atom stereocenters. The second kappa shape index (κ2) is 7.37. The van der Waals surface area contributed by atoms with Crippen molar-refractivity contribution < 1.29 is 35.6 Å². The average molecular weight is 414 g/mol. The molecule has 156 valence electrons. The van der Waals surface area contributed by atoms with Crippen molar-refractivity contribution in [3.05, 3.63) is 11.7 Å². The summed E-state index contributed by atoms with van der Waals surface area (Å²) >= 11 is 0. The quantitative estimate of drug-likeness (QED) is 0.638. The van der Waals surface area contributed by atoms with Gasteiger partial charge in [-0.3, -0.25) is 0 Å². The fourth-order valence-corrected chi connectivity index (χ4v) is 2.71. The molecule has 2 atom stereocenters. The molecule has 1 heterocycles. The van der Waals surface area contributed by atoms with Gasteiger partial charge >= 0.3 is 6.18 Å². The van der Waals surface area contributed by atoms with Crippen LogP contribution in [0.25, 0.3) is 5.57 Å². The van der Waals surface area contributed by atoms with Crippen LogP contribution in [0, 0.1) is 0 Å². The molecule has 0 spiro atoms. The lowest BCUT2D eigenvalue weighted by atomic mass is 9.88. The summed E-state index contributed by atoms with van der Waals surface area (Å²) in [4.78, 5) is 11.3. The van der Waals surface area contributed by atoms with Gasteiger partial charge in [0.15, 0.2) is 5.82 Å². The van der Waals surface area contributed by atoms with E-state index in [1.807, 2.05) is 5.32 Å². The standard InChI is InChI=1S/C16H19F6N5O/c1-7(16(20,21)22)23-13-25-12(9-3-2-4-10(28)11(9)17)26-14(27-13)24-8-5-15(18,19)6-8/h7-8,10,28H,2-6H2,1H3,(H2,23,24,25,26,27)/i4D2,10D. The van der Waals surface area contributed by atoms with Gasteiger partial charge in [-0.05, 0) is 26.1 Å². The highest BCUT2D eigenvalue weighted by Crippen LogP contribution is 2.39. The van der Waals surface area contributed by atoms with Crippen LogP contribution >= 0.6 is 0 Å². The van der Waals surface area contributed by atoms with Crippen LogP contribution in [0.2, 0.25) is 0 Å². The van der Waals surface area contributed by atoms with Crippen molar-refractivity contribution in [3.8, 4) is 0 Å². The number of aliphatic hydroxyl groups is 1. The Morgan fingerprint density at radius 3 is 2.50 bits per heavy atom. The first kappa shape index (κ1) is 16.8. The number of hydrogen-bond donors (Lipinski definition) is 3. The third-order valence-electron chi connectivity index (χ3n) is 4.31. The molecular weight excluding hydrogens is 392 g/mol. The van der Waals surface area contributed by atoms with Gasteiger partial charge in [0, 0.05) is 27.2 Å². The Morgan fingerprint density at radius 1 is 1.25 bits per heavy atom. The first-order valence-corrected chi connectivity index (χ1v) is 8.37. The zero-order chi connectivity index (χ0) is 23.4. The van der Waals surface area contributed by atoms with E-state index >= 15 is 0 Å². The number of allylic oxidation sites excluding steroid dienone is 1. The average Bonchev–Trinajstić information content (AvgIpc) is 2.57.